The fraction of sp³-hybridized carbons (Fsp3) is 0.917. The van der Waals surface area contributed by atoms with Gasteiger partial charge in [0.25, 0.3) is 0 Å². The zero-order chi connectivity index (χ0) is 10.1. The number of carbonyl (C=O) groups excluding carboxylic acids is 1. The Kier molecular flexibility index (Phi) is 1.46. The third-order valence-corrected chi connectivity index (χ3v) is 5.43. The second kappa shape index (κ2) is 2.34. The molecule has 0 N–H and O–H groups in total. The fourth-order valence-corrected chi connectivity index (χ4v) is 4.25. The van der Waals surface area contributed by atoms with E-state index < -0.39 is 0 Å². The van der Waals surface area contributed by atoms with Crippen LogP contribution in [0.25, 0.3) is 0 Å². The number of ether oxygens (including phenoxy) is 1. The number of hydrogen-bond donors (Lipinski definition) is 0. The molecule has 3 aliphatic rings. The fourth-order valence-electron chi connectivity index (χ4n) is 4.25. The third-order valence-electron chi connectivity index (χ3n) is 5.43. The maximum absolute atomic E-state index is 11.6. The van der Waals surface area contributed by atoms with Crippen LogP contribution in [0, 0.1) is 35.0 Å². The number of hydrogen-bond acceptors (Lipinski definition) is 2. The lowest BCUT2D eigenvalue weighted by molar-refractivity contribution is -0.143. The van der Waals surface area contributed by atoms with Crippen LogP contribution < -0.4 is 0 Å². The van der Waals surface area contributed by atoms with E-state index in [4.69, 9.17) is 4.74 Å². The summed E-state index contributed by atoms with van der Waals surface area (Å²) < 4.78 is 5.20. The van der Waals surface area contributed by atoms with Gasteiger partial charge in [-0.3, -0.25) is 4.79 Å². The van der Waals surface area contributed by atoms with E-state index in [9.17, 15) is 4.79 Å². The minimum absolute atomic E-state index is 0.0856. The van der Waals surface area contributed by atoms with Gasteiger partial charge in [0.2, 0.25) is 0 Å². The molecule has 2 heteroatoms. The summed E-state index contributed by atoms with van der Waals surface area (Å²) in [7, 11) is 0. The van der Waals surface area contributed by atoms with Crippen molar-refractivity contribution in [3.8, 4) is 0 Å². The Balaban J connectivity index is 2.01. The Morgan fingerprint density at radius 2 is 2.07 bits per heavy atom. The smallest absolute Gasteiger partial charge is 0.309 e. The van der Waals surface area contributed by atoms with E-state index in [-0.39, 0.29) is 11.9 Å². The van der Waals surface area contributed by atoms with Crippen molar-refractivity contribution in [1.29, 1.82) is 0 Å². The van der Waals surface area contributed by atoms with Gasteiger partial charge < -0.3 is 4.74 Å². The van der Waals surface area contributed by atoms with Gasteiger partial charge in [-0.15, -0.1) is 0 Å². The standard InChI is InChI=1S/C12H18O2/c1-6-7-4-9(12(6,2)3)10-8(7)5-14-11(10)13/h6-10H,4-5H2,1-3H3. The van der Waals surface area contributed by atoms with E-state index >= 15 is 0 Å². The molecule has 0 spiro atoms. The Hall–Kier alpha value is -0.530. The molecule has 2 nitrogen and oxygen atoms in total. The SMILES string of the molecule is CC1C2CC(C3C(=O)OCC23)C1(C)C. The molecule has 5 atom stereocenters. The summed E-state index contributed by atoms with van der Waals surface area (Å²) >= 11 is 0. The molecule has 3 fully saturated rings. The summed E-state index contributed by atoms with van der Waals surface area (Å²) in [6.07, 6.45) is 1.26. The summed E-state index contributed by atoms with van der Waals surface area (Å²) in [5.74, 6) is 2.96. The van der Waals surface area contributed by atoms with Gasteiger partial charge in [-0.1, -0.05) is 20.8 Å². The second-order valence-corrected chi connectivity index (χ2v) is 5.94. The molecule has 0 amide bonds. The predicted octanol–water partition coefficient (Wildman–Crippen LogP) is 2.09. The molecule has 0 aromatic carbocycles. The van der Waals surface area contributed by atoms with Gasteiger partial charge in [-0.05, 0) is 29.6 Å². The maximum Gasteiger partial charge on any atom is 0.309 e. The maximum atomic E-state index is 11.6. The van der Waals surface area contributed by atoms with Crippen molar-refractivity contribution in [2.75, 3.05) is 6.61 Å². The number of fused-ring (bicyclic) bond motifs is 5. The topological polar surface area (TPSA) is 26.3 Å². The molecule has 0 radical (unpaired) electrons. The van der Waals surface area contributed by atoms with Crippen molar-refractivity contribution in [2.45, 2.75) is 27.2 Å². The van der Waals surface area contributed by atoms with Gasteiger partial charge in [-0.2, -0.15) is 0 Å². The molecule has 5 unspecified atom stereocenters. The van der Waals surface area contributed by atoms with E-state index in [0.29, 0.717) is 23.9 Å². The minimum Gasteiger partial charge on any atom is -0.465 e. The van der Waals surface area contributed by atoms with Crippen LogP contribution in [0.3, 0.4) is 0 Å². The Morgan fingerprint density at radius 3 is 2.79 bits per heavy atom. The normalized spacial score (nSPS) is 53.4. The molecule has 0 aromatic heterocycles. The van der Waals surface area contributed by atoms with E-state index in [1.54, 1.807) is 0 Å². The number of carbonyl (C=O) groups is 1. The molecular formula is C12H18O2. The van der Waals surface area contributed by atoms with Crippen LogP contribution in [0.5, 0.6) is 0 Å². The van der Waals surface area contributed by atoms with Crippen LogP contribution in [0.15, 0.2) is 0 Å². The highest BCUT2D eigenvalue weighted by molar-refractivity contribution is 5.76. The van der Waals surface area contributed by atoms with E-state index in [1.165, 1.54) is 6.42 Å². The summed E-state index contributed by atoms with van der Waals surface area (Å²) in [5.41, 5.74) is 0.342. The lowest BCUT2D eigenvalue weighted by Crippen LogP contribution is -2.39. The van der Waals surface area contributed by atoms with E-state index in [2.05, 4.69) is 20.8 Å². The third kappa shape index (κ3) is 0.768. The zero-order valence-electron chi connectivity index (χ0n) is 9.12. The van der Waals surface area contributed by atoms with E-state index in [0.717, 1.165) is 11.8 Å². The van der Waals surface area contributed by atoms with Crippen molar-refractivity contribution >= 4 is 5.97 Å². The first-order valence-electron chi connectivity index (χ1n) is 5.70. The molecule has 1 saturated heterocycles. The highest BCUT2D eigenvalue weighted by Gasteiger charge is 2.64. The number of cyclic esters (lactones) is 1. The average molecular weight is 194 g/mol. The number of esters is 1. The van der Waals surface area contributed by atoms with Crippen LogP contribution >= 0.6 is 0 Å². The van der Waals surface area contributed by atoms with Crippen molar-refractivity contribution in [2.24, 2.45) is 35.0 Å². The molecule has 1 aliphatic heterocycles. The van der Waals surface area contributed by atoms with Crippen LogP contribution in [0.1, 0.15) is 27.2 Å². The summed E-state index contributed by atoms with van der Waals surface area (Å²) in [5, 5.41) is 0. The Bertz CT molecular complexity index is 295. The lowest BCUT2D eigenvalue weighted by Gasteiger charge is -2.40. The lowest BCUT2D eigenvalue weighted by atomic mass is 9.62. The zero-order valence-corrected chi connectivity index (χ0v) is 9.12. The molecule has 0 aromatic rings. The summed E-state index contributed by atoms with van der Waals surface area (Å²) in [4.78, 5) is 11.6. The second-order valence-electron chi connectivity index (χ2n) is 5.94. The van der Waals surface area contributed by atoms with Gasteiger partial charge in [0.15, 0.2) is 0 Å². The van der Waals surface area contributed by atoms with Crippen LogP contribution in [0.2, 0.25) is 0 Å². The van der Waals surface area contributed by atoms with Crippen LogP contribution in [0.4, 0.5) is 0 Å². The molecule has 3 rings (SSSR count). The average Bonchev–Trinajstić information content (AvgIpc) is 2.70. The van der Waals surface area contributed by atoms with Crippen LogP contribution in [-0.4, -0.2) is 12.6 Å². The highest BCUT2D eigenvalue weighted by Crippen LogP contribution is 2.65. The van der Waals surface area contributed by atoms with Crippen LogP contribution in [-0.2, 0) is 9.53 Å². The molecule has 2 saturated carbocycles. The molecule has 78 valence electrons. The first kappa shape index (κ1) is 8.75. The van der Waals surface area contributed by atoms with E-state index in [1.807, 2.05) is 0 Å². The van der Waals surface area contributed by atoms with Gasteiger partial charge in [-0.25, -0.2) is 0 Å². The molecule has 2 bridgehead atoms. The van der Waals surface area contributed by atoms with Crippen molar-refractivity contribution in [3.05, 3.63) is 0 Å². The van der Waals surface area contributed by atoms with Gasteiger partial charge in [0.05, 0.1) is 12.5 Å². The van der Waals surface area contributed by atoms with Crippen molar-refractivity contribution in [1.82, 2.24) is 0 Å². The predicted molar refractivity (Wildman–Crippen MR) is 52.5 cm³/mol. The molecule has 14 heavy (non-hydrogen) atoms. The summed E-state index contributed by atoms with van der Waals surface area (Å²) in [6, 6.07) is 0. The quantitative estimate of drug-likeness (QED) is 0.552. The number of rotatable bonds is 0. The highest BCUT2D eigenvalue weighted by atomic mass is 16.5. The van der Waals surface area contributed by atoms with Crippen molar-refractivity contribution < 1.29 is 9.53 Å². The minimum atomic E-state index is 0.0856. The largest absolute Gasteiger partial charge is 0.465 e. The van der Waals surface area contributed by atoms with Gasteiger partial charge in [0.1, 0.15) is 0 Å². The van der Waals surface area contributed by atoms with Gasteiger partial charge >= 0.3 is 5.97 Å². The summed E-state index contributed by atoms with van der Waals surface area (Å²) in [6.45, 7) is 7.70. The molecule has 2 aliphatic carbocycles. The Morgan fingerprint density at radius 1 is 1.36 bits per heavy atom. The Labute approximate surface area is 85.0 Å². The molecular weight excluding hydrogens is 176 g/mol. The first-order chi connectivity index (χ1) is 6.53. The van der Waals surface area contributed by atoms with Gasteiger partial charge in [0, 0.05) is 5.92 Å². The molecule has 1 heterocycles. The first-order valence-corrected chi connectivity index (χ1v) is 5.70. The monoisotopic (exact) mass is 194 g/mol. The van der Waals surface area contributed by atoms with Crippen molar-refractivity contribution in [3.63, 3.8) is 0 Å².